The molecule has 0 fully saturated rings. The monoisotopic (exact) mass is 532 g/mol. The lowest BCUT2D eigenvalue weighted by molar-refractivity contribution is 0.182. The number of urea groups is 1. The van der Waals surface area contributed by atoms with Crippen LogP contribution in [0.4, 0.5) is 4.79 Å². The zero-order valence-corrected chi connectivity index (χ0v) is 23.1. The van der Waals surface area contributed by atoms with Gasteiger partial charge in [0.05, 0.1) is 30.6 Å². The second-order valence-corrected chi connectivity index (χ2v) is 10.5. The topological polar surface area (TPSA) is 68.6 Å². The largest absolute Gasteiger partial charge is 0.497 e. The van der Waals surface area contributed by atoms with Gasteiger partial charge in [0.2, 0.25) is 5.88 Å². The molecule has 0 aliphatic rings. The summed E-state index contributed by atoms with van der Waals surface area (Å²) >= 11 is 6.31. The van der Waals surface area contributed by atoms with Crippen LogP contribution in [-0.4, -0.2) is 33.4 Å². The summed E-state index contributed by atoms with van der Waals surface area (Å²) in [6.45, 7) is 8.52. The van der Waals surface area contributed by atoms with Gasteiger partial charge >= 0.3 is 6.03 Å². The Labute approximate surface area is 228 Å². The minimum absolute atomic E-state index is 0.174. The first kappa shape index (κ1) is 27.1. The van der Waals surface area contributed by atoms with Crippen molar-refractivity contribution in [1.29, 1.82) is 0 Å². The zero-order chi connectivity index (χ0) is 27.3. The van der Waals surface area contributed by atoms with Crippen molar-refractivity contribution in [3.63, 3.8) is 0 Å². The highest BCUT2D eigenvalue weighted by molar-refractivity contribution is 6.30. The van der Waals surface area contributed by atoms with Crippen LogP contribution >= 0.6 is 11.6 Å². The van der Waals surface area contributed by atoms with Gasteiger partial charge in [-0.05, 0) is 75.7 Å². The Bertz CT molecular complexity index is 1380. The van der Waals surface area contributed by atoms with Gasteiger partial charge in [-0.15, -0.1) is 0 Å². The number of aryl methyl sites for hydroxylation is 1. The number of hydrogen-bond acceptors (Lipinski definition) is 4. The first-order chi connectivity index (χ1) is 18.1. The predicted molar refractivity (Wildman–Crippen MR) is 150 cm³/mol. The molecule has 1 heterocycles. The number of nitrogens with one attached hydrogen (secondary N) is 1. The summed E-state index contributed by atoms with van der Waals surface area (Å²) in [6, 6.07) is 24.5. The average molecular weight is 533 g/mol. The molecule has 1 N–H and O–H groups in total. The van der Waals surface area contributed by atoms with E-state index in [-0.39, 0.29) is 12.6 Å². The van der Waals surface area contributed by atoms with Crippen molar-refractivity contribution in [2.75, 3.05) is 7.11 Å². The van der Waals surface area contributed by atoms with Crippen LogP contribution in [0, 0.1) is 6.92 Å². The van der Waals surface area contributed by atoms with E-state index in [1.807, 2.05) is 107 Å². The van der Waals surface area contributed by atoms with Crippen molar-refractivity contribution in [3.05, 3.63) is 101 Å². The number of benzene rings is 3. The van der Waals surface area contributed by atoms with Crippen LogP contribution in [0.5, 0.6) is 17.4 Å². The maximum Gasteiger partial charge on any atom is 0.318 e. The third-order valence-electron chi connectivity index (χ3n) is 5.80. The lowest BCUT2D eigenvalue weighted by Crippen LogP contribution is -2.48. The fourth-order valence-corrected chi connectivity index (χ4v) is 4.14. The molecule has 0 atom stereocenters. The van der Waals surface area contributed by atoms with E-state index in [9.17, 15) is 4.79 Å². The smallest absolute Gasteiger partial charge is 0.318 e. The van der Waals surface area contributed by atoms with Crippen molar-refractivity contribution in [2.45, 2.75) is 46.3 Å². The molecular formula is C30H33ClN4O3. The van der Waals surface area contributed by atoms with Crippen LogP contribution in [-0.2, 0) is 13.1 Å². The summed E-state index contributed by atoms with van der Waals surface area (Å²) in [7, 11) is 1.62. The van der Waals surface area contributed by atoms with E-state index in [1.54, 1.807) is 16.7 Å². The molecular weight excluding hydrogens is 500 g/mol. The highest BCUT2D eigenvalue weighted by Crippen LogP contribution is 2.33. The van der Waals surface area contributed by atoms with Crippen molar-refractivity contribution >= 4 is 17.6 Å². The van der Waals surface area contributed by atoms with Gasteiger partial charge in [0.15, 0.2) is 0 Å². The molecule has 0 radical (unpaired) electrons. The van der Waals surface area contributed by atoms with Crippen molar-refractivity contribution < 1.29 is 14.3 Å². The lowest BCUT2D eigenvalue weighted by Gasteiger charge is -2.29. The number of rotatable bonds is 8. The van der Waals surface area contributed by atoms with Crippen molar-refractivity contribution in [2.24, 2.45) is 0 Å². The molecule has 198 valence electrons. The van der Waals surface area contributed by atoms with E-state index in [0.717, 1.165) is 28.3 Å². The van der Waals surface area contributed by atoms with Gasteiger partial charge < -0.3 is 19.7 Å². The van der Waals surface area contributed by atoms with Crippen LogP contribution < -0.4 is 14.8 Å². The number of hydrogen-bond donors (Lipinski definition) is 1. The van der Waals surface area contributed by atoms with Crippen LogP contribution in [0.1, 0.15) is 37.6 Å². The summed E-state index contributed by atoms with van der Waals surface area (Å²) in [5, 5.41) is 8.48. The second-order valence-electron chi connectivity index (χ2n) is 10.1. The predicted octanol–water partition coefficient (Wildman–Crippen LogP) is 7.15. The van der Waals surface area contributed by atoms with E-state index in [2.05, 4.69) is 5.32 Å². The highest BCUT2D eigenvalue weighted by atomic mass is 35.5. The lowest BCUT2D eigenvalue weighted by atomic mass is 10.1. The fourth-order valence-electron chi connectivity index (χ4n) is 3.96. The number of ether oxygens (including phenoxy) is 2. The first-order valence-corrected chi connectivity index (χ1v) is 12.8. The zero-order valence-electron chi connectivity index (χ0n) is 22.4. The molecule has 0 aliphatic carbocycles. The molecule has 0 aliphatic heterocycles. The van der Waals surface area contributed by atoms with Crippen molar-refractivity contribution in [1.82, 2.24) is 20.0 Å². The normalized spacial score (nSPS) is 11.2. The van der Waals surface area contributed by atoms with Gasteiger partial charge in [-0.2, -0.15) is 5.10 Å². The molecule has 4 aromatic rings. The number of carbonyl (C=O) groups excluding carboxylic acids is 1. The van der Waals surface area contributed by atoms with Crippen LogP contribution in [0.15, 0.2) is 78.9 Å². The molecule has 0 bridgehead atoms. The molecule has 0 saturated carbocycles. The van der Waals surface area contributed by atoms with Crippen LogP contribution in [0.3, 0.4) is 0 Å². The molecule has 0 unspecified atom stereocenters. The molecule has 1 aromatic heterocycles. The molecule has 38 heavy (non-hydrogen) atoms. The number of methoxy groups -OCH3 is 1. The quantitative estimate of drug-likeness (QED) is 0.262. The third kappa shape index (κ3) is 6.86. The van der Waals surface area contributed by atoms with E-state index in [1.165, 1.54) is 0 Å². The van der Waals surface area contributed by atoms with Gasteiger partial charge in [0.1, 0.15) is 11.5 Å². The second kappa shape index (κ2) is 11.6. The molecule has 0 spiro atoms. The summed E-state index contributed by atoms with van der Waals surface area (Å²) in [6.07, 6.45) is 0. The third-order valence-corrected chi connectivity index (χ3v) is 6.03. The fraction of sp³-hybridized carbons (Fsp3) is 0.267. The molecule has 7 nitrogen and oxygen atoms in total. The Balaban J connectivity index is 1.77. The Kier molecular flexibility index (Phi) is 8.27. The molecule has 0 saturated heterocycles. The van der Waals surface area contributed by atoms with E-state index in [4.69, 9.17) is 26.2 Å². The maximum absolute atomic E-state index is 13.5. The Hall–Kier alpha value is -3.97. The van der Waals surface area contributed by atoms with Gasteiger partial charge in [0.25, 0.3) is 0 Å². The Morgan fingerprint density at radius 3 is 2.29 bits per heavy atom. The number of carbonyl (C=O) groups is 1. The van der Waals surface area contributed by atoms with E-state index < -0.39 is 5.54 Å². The number of nitrogens with zero attached hydrogens (tertiary/aromatic N) is 3. The summed E-state index contributed by atoms with van der Waals surface area (Å²) in [5.74, 6) is 1.85. The number of halogens is 1. The summed E-state index contributed by atoms with van der Waals surface area (Å²) in [5.41, 5.74) is 2.92. The standard InChI is InChI=1S/C30H33ClN4O3/c1-21-27(20-34(29(36)32-30(2,3)4)19-22-10-7-6-8-11-22)28(38-26-16-14-25(37-5)15-17-26)35(33-21)24-13-9-12-23(31)18-24/h6-18H,19-20H2,1-5H3,(H,32,36). The molecule has 8 heteroatoms. The Morgan fingerprint density at radius 1 is 0.974 bits per heavy atom. The van der Waals surface area contributed by atoms with Crippen LogP contribution in [0.25, 0.3) is 5.69 Å². The molecule has 3 aromatic carbocycles. The number of amides is 2. The Morgan fingerprint density at radius 2 is 1.66 bits per heavy atom. The highest BCUT2D eigenvalue weighted by Gasteiger charge is 2.26. The average Bonchev–Trinajstić information content (AvgIpc) is 3.18. The van der Waals surface area contributed by atoms with E-state index >= 15 is 0 Å². The minimum Gasteiger partial charge on any atom is -0.497 e. The summed E-state index contributed by atoms with van der Waals surface area (Å²) in [4.78, 5) is 15.2. The van der Waals surface area contributed by atoms with Gasteiger partial charge in [-0.1, -0.05) is 48.0 Å². The van der Waals surface area contributed by atoms with Gasteiger partial charge in [-0.25, -0.2) is 9.48 Å². The van der Waals surface area contributed by atoms with Crippen molar-refractivity contribution in [3.8, 4) is 23.1 Å². The van der Waals surface area contributed by atoms with Gasteiger partial charge in [-0.3, -0.25) is 0 Å². The summed E-state index contributed by atoms with van der Waals surface area (Å²) < 4.78 is 13.4. The number of aromatic nitrogens is 2. The SMILES string of the molecule is COc1ccc(Oc2c(CN(Cc3ccccc3)C(=O)NC(C)(C)C)c(C)nn2-c2cccc(Cl)c2)cc1. The van der Waals surface area contributed by atoms with E-state index in [0.29, 0.717) is 23.2 Å². The first-order valence-electron chi connectivity index (χ1n) is 12.4. The minimum atomic E-state index is -0.394. The van der Waals surface area contributed by atoms with Gasteiger partial charge in [0, 0.05) is 17.1 Å². The molecule has 4 rings (SSSR count). The molecule has 2 amide bonds. The maximum atomic E-state index is 13.5. The van der Waals surface area contributed by atoms with Crippen LogP contribution in [0.2, 0.25) is 5.02 Å².